The van der Waals surface area contributed by atoms with E-state index in [4.69, 9.17) is 15.8 Å². The summed E-state index contributed by atoms with van der Waals surface area (Å²) in [5.41, 5.74) is 1.21. The zero-order valence-corrected chi connectivity index (χ0v) is 11.4. The number of allylic oxidation sites excluding steroid dienone is 2. The average Bonchev–Trinajstić information content (AvgIpc) is 2.46. The molecule has 0 radical (unpaired) electrons. The van der Waals surface area contributed by atoms with E-state index < -0.39 is 0 Å². The number of benzene rings is 1. The summed E-state index contributed by atoms with van der Waals surface area (Å²) in [5, 5.41) is 32.8. The standard InChI is InChI=1S/C15H15N5/c1-11(2)10-19-13-5-3-4-6-14(13)20-15(9-18)12(7-16)8-17/h3-6,11,19-20H,10H2,1-2H3. The van der Waals surface area contributed by atoms with Crippen LogP contribution in [0.5, 0.6) is 0 Å². The Morgan fingerprint density at radius 2 is 1.65 bits per heavy atom. The van der Waals surface area contributed by atoms with Gasteiger partial charge in [0.25, 0.3) is 0 Å². The summed E-state index contributed by atoms with van der Waals surface area (Å²) in [6, 6.07) is 12.6. The second-order valence-electron chi connectivity index (χ2n) is 4.53. The third kappa shape index (κ3) is 4.05. The van der Waals surface area contributed by atoms with Crippen molar-refractivity contribution in [2.75, 3.05) is 17.2 Å². The van der Waals surface area contributed by atoms with Crippen LogP contribution >= 0.6 is 0 Å². The molecule has 0 aliphatic rings. The fraction of sp³-hybridized carbons (Fsp3) is 0.267. The van der Waals surface area contributed by atoms with Gasteiger partial charge in [-0.1, -0.05) is 26.0 Å². The zero-order valence-electron chi connectivity index (χ0n) is 11.4. The van der Waals surface area contributed by atoms with Crippen molar-refractivity contribution in [2.24, 2.45) is 5.92 Å². The molecule has 0 heterocycles. The molecule has 0 fully saturated rings. The van der Waals surface area contributed by atoms with E-state index >= 15 is 0 Å². The van der Waals surface area contributed by atoms with Crippen LogP contribution in [0.4, 0.5) is 11.4 Å². The molecule has 0 aliphatic carbocycles. The van der Waals surface area contributed by atoms with Crippen LogP contribution < -0.4 is 10.6 Å². The first-order valence-corrected chi connectivity index (χ1v) is 6.16. The van der Waals surface area contributed by atoms with Crippen LogP contribution in [0.3, 0.4) is 0 Å². The van der Waals surface area contributed by atoms with Gasteiger partial charge in [0, 0.05) is 6.54 Å². The van der Waals surface area contributed by atoms with Crippen molar-refractivity contribution < 1.29 is 0 Å². The number of hydrogen-bond donors (Lipinski definition) is 2. The number of hydrogen-bond acceptors (Lipinski definition) is 5. The minimum Gasteiger partial charge on any atom is -0.383 e. The number of anilines is 2. The van der Waals surface area contributed by atoms with Gasteiger partial charge >= 0.3 is 0 Å². The smallest absolute Gasteiger partial charge is 0.163 e. The fourth-order valence-electron chi connectivity index (χ4n) is 1.48. The molecule has 2 N–H and O–H groups in total. The molecule has 0 saturated carbocycles. The maximum absolute atomic E-state index is 9.04. The van der Waals surface area contributed by atoms with E-state index in [1.807, 2.05) is 24.3 Å². The fourth-order valence-corrected chi connectivity index (χ4v) is 1.48. The summed E-state index contributed by atoms with van der Waals surface area (Å²) in [6.07, 6.45) is 0. The molecule has 0 spiro atoms. The molecule has 0 bridgehead atoms. The second-order valence-corrected chi connectivity index (χ2v) is 4.53. The highest BCUT2D eigenvalue weighted by atomic mass is 15.0. The van der Waals surface area contributed by atoms with E-state index in [-0.39, 0.29) is 11.3 Å². The SMILES string of the molecule is CC(C)CNc1ccccc1NC(C#N)=C(C#N)C#N. The van der Waals surface area contributed by atoms with E-state index in [1.165, 1.54) is 0 Å². The first-order chi connectivity index (χ1) is 9.62. The summed E-state index contributed by atoms with van der Waals surface area (Å²) in [4.78, 5) is 0. The van der Waals surface area contributed by atoms with Crippen LogP contribution in [0, 0.1) is 39.9 Å². The van der Waals surface area contributed by atoms with Gasteiger partial charge in [0.15, 0.2) is 5.57 Å². The van der Waals surface area contributed by atoms with Crippen LogP contribution in [-0.2, 0) is 0 Å². The first kappa shape index (κ1) is 15.1. The molecule has 0 amide bonds. The minimum atomic E-state index is -0.230. The monoisotopic (exact) mass is 265 g/mol. The molecule has 100 valence electrons. The molecule has 1 aromatic carbocycles. The molecule has 20 heavy (non-hydrogen) atoms. The van der Waals surface area contributed by atoms with E-state index in [0.29, 0.717) is 11.6 Å². The number of nitrogens with zero attached hydrogens (tertiary/aromatic N) is 3. The van der Waals surface area contributed by atoms with E-state index in [9.17, 15) is 0 Å². The third-order valence-electron chi connectivity index (χ3n) is 2.47. The molecule has 0 aliphatic heterocycles. The normalized spacial score (nSPS) is 9.00. The molecule has 0 saturated heterocycles. The number of para-hydroxylation sites is 2. The van der Waals surface area contributed by atoms with Gasteiger partial charge in [-0.05, 0) is 18.1 Å². The summed E-state index contributed by atoms with van der Waals surface area (Å²) >= 11 is 0. The van der Waals surface area contributed by atoms with Gasteiger partial charge in [0.1, 0.15) is 23.9 Å². The van der Waals surface area contributed by atoms with Crippen molar-refractivity contribution >= 4 is 11.4 Å². The van der Waals surface area contributed by atoms with Gasteiger partial charge < -0.3 is 10.6 Å². The first-order valence-electron chi connectivity index (χ1n) is 6.16. The van der Waals surface area contributed by atoms with Crippen molar-refractivity contribution in [3.63, 3.8) is 0 Å². The van der Waals surface area contributed by atoms with Crippen molar-refractivity contribution in [3.8, 4) is 18.2 Å². The van der Waals surface area contributed by atoms with Crippen LogP contribution in [-0.4, -0.2) is 6.54 Å². The van der Waals surface area contributed by atoms with Gasteiger partial charge in [-0.15, -0.1) is 0 Å². The lowest BCUT2D eigenvalue weighted by Gasteiger charge is -2.14. The predicted octanol–water partition coefficient (Wildman–Crippen LogP) is 2.99. The van der Waals surface area contributed by atoms with Crippen molar-refractivity contribution in [2.45, 2.75) is 13.8 Å². The van der Waals surface area contributed by atoms with Crippen LogP contribution in [0.15, 0.2) is 35.5 Å². The van der Waals surface area contributed by atoms with Crippen molar-refractivity contribution in [1.82, 2.24) is 0 Å². The Hall–Kier alpha value is -2.97. The molecule has 5 nitrogen and oxygen atoms in total. The van der Waals surface area contributed by atoms with Gasteiger partial charge in [-0.2, -0.15) is 15.8 Å². The second kappa shape index (κ2) is 7.46. The summed E-state index contributed by atoms with van der Waals surface area (Å²) < 4.78 is 0. The molecule has 1 rings (SSSR count). The Bertz CT molecular complexity index is 607. The van der Waals surface area contributed by atoms with Crippen molar-refractivity contribution in [1.29, 1.82) is 15.8 Å². The Labute approximate surface area is 118 Å². The Balaban J connectivity index is 3.05. The Morgan fingerprint density at radius 3 is 2.15 bits per heavy atom. The molecule has 0 unspecified atom stereocenters. The average molecular weight is 265 g/mol. The van der Waals surface area contributed by atoms with E-state index in [1.54, 1.807) is 18.2 Å². The topological polar surface area (TPSA) is 95.4 Å². The number of rotatable bonds is 5. The lowest BCUT2D eigenvalue weighted by molar-refractivity contribution is 0.689. The molecular formula is C15H15N5. The molecular weight excluding hydrogens is 250 g/mol. The van der Waals surface area contributed by atoms with Gasteiger partial charge in [-0.25, -0.2) is 0 Å². The Morgan fingerprint density at radius 1 is 1.05 bits per heavy atom. The molecule has 0 aromatic heterocycles. The molecule has 0 atom stereocenters. The maximum atomic E-state index is 9.04. The third-order valence-corrected chi connectivity index (χ3v) is 2.47. The number of nitrogens with one attached hydrogen (secondary N) is 2. The van der Waals surface area contributed by atoms with Crippen LogP contribution in [0.2, 0.25) is 0 Å². The Kier molecular flexibility index (Phi) is 5.63. The van der Waals surface area contributed by atoms with Crippen molar-refractivity contribution in [3.05, 3.63) is 35.5 Å². The highest BCUT2D eigenvalue weighted by Gasteiger charge is 2.08. The van der Waals surface area contributed by atoms with E-state index in [0.717, 1.165) is 12.2 Å². The van der Waals surface area contributed by atoms with Crippen LogP contribution in [0.1, 0.15) is 13.8 Å². The largest absolute Gasteiger partial charge is 0.383 e. The van der Waals surface area contributed by atoms with Gasteiger partial charge in [-0.3, -0.25) is 0 Å². The maximum Gasteiger partial charge on any atom is 0.163 e. The van der Waals surface area contributed by atoms with Gasteiger partial charge in [0.2, 0.25) is 0 Å². The van der Waals surface area contributed by atoms with Gasteiger partial charge in [0.05, 0.1) is 11.4 Å². The summed E-state index contributed by atoms with van der Waals surface area (Å²) in [7, 11) is 0. The zero-order chi connectivity index (χ0) is 15.0. The van der Waals surface area contributed by atoms with Crippen LogP contribution in [0.25, 0.3) is 0 Å². The molecule has 1 aromatic rings. The predicted molar refractivity (Wildman–Crippen MR) is 77.3 cm³/mol. The summed E-state index contributed by atoms with van der Waals surface area (Å²) in [5.74, 6) is 0.475. The minimum absolute atomic E-state index is 0.0474. The lowest BCUT2D eigenvalue weighted by atomic mass is 10.2. The lowest BCUT2D eigenvalue weighted by Crippen LogP contribution is -2.10. The molecule has 5 heteroatoms. The summed E-state index contributed by atoms with van der Waals surface area (Å²) in [6.45, 7) is 4.97. The quantitative estimate of drug-likeness (QED) is 0.798. The van der Waals surface area contributed by atoms with E-state index in [2.05, 4.69) is 24.5 Å². The highest BCUT2D eigenvalue weighted by Crippen LogP contribution is 2.23. The number of nitriles is 3. The highest BCUT2D eigenvalue weighted by molar-refractivity contribution is 5.72.